The first kappa shape index (κ1) is 22.7. The topological polar surface area (TPSA) is 77.0 Å². The molecule has 0 bridgehead atoms. The lowest BCUT2D eigenvalue weighted by molar-refractivity contribution is -0.130. The van der Waals surface area contributed by atoms with Gasteiger partial charge in [-0.05, 0) is 51.3 Å². The quantitative estimate of drug-likeness (QED) is 0.492. The van der Waals surface area contributed by atoms with E-state index < -0.39 is 0 Å². The van der Waals surface area contributed by atoms with Crippen LogP contribution in [0, 0.1) is 0 Å². The number of benzene rings is 1. The van der Waals surface area contributed by atoms with Gasteiger partial charge in [0.1, 0.15) is 0 Å². The van der Waals surface area contributed by atoms with Gasteiger partial charge in [-0.15, -0.1) is 0 Å². The van der Waals surface area contributed by atoms with E-state index in [1.54, 1.807) is 0 Å². The van der Waals surface area contributed by atoms with Crippen molar-refractivity contribution in [2.75, 3.05) is 37.6 Å². The summed E-state index contributed by atoms with van der Waals surface area (Å²) >= 11 is 0. The average Bonchev–Trinajstić information content (AvgIpc) is 2.74. The second kappa shape index (κ2) is 12.1. The second-order valence-corrected chi connectivity index (χ2v) is 7.11. The van der Waals surface area contributed by atoms with Crippen LogP contribution >= 0.6 is 0 Å². The number of carbonyl (C=O) groups is 2. The lowest BCUT2D eigenvalue weighted by atomic mass is 10.1. The van der Waals surface area contributed by atoms with Crippen molar-refractivity contribution in [3.8, 4) is 0 Å². The van der Waals surface area contributed by atoms with Crippen LogP contribution in [0.5, 0.6) is 0 Å². The molecule has 0 spiro atoms. The molecule has 1 saturated heterocycles. The van der Waals surface area contributed by atoms with Crippen LogP contribution in [0.25, 0.3) is 0 Å². The number of piperidine rings is 1. The van der Waals surface area contributed by atoms with Gasteiger partial charge in [-0.3, -0.25) is 9.59 Å². The molecule has 0 saturated carbocycles. The summed E-state index contributed by atoms with van der Waals surface area (Å²) in [5.41, 5.74) is 2.04. The molecule has 0 atom stereocenters. The van der Waals surface area contributed by atoms with Crippen LogP contribution in [0.4, 0.5) is 5.69 Å². The highest BCUT2D eigenvalue weighted by molar-refractivity contribution is 5.94. The molecule has 1 heterocycles. The lowest BCUT2D eigenvalue weighted by Crippen LogP contribution is -2.40. The number of carbonyl (C=O) groups excluding carboxylic acids is 2. The highest BCUT2D eigenvalue weighted by Crippen LogP contribution is 2.21. The Hall–Kier alpha value is -2.57. The normalized spacial score (nSPS) is 14.7. The third-order valence-corrected chi connectivity index (χ3v) is 5.08. The molecule has 0 radical (unpaired) electrons. The van der Waals surface area contributed by atoms with E-state index in [0.717, 1.165) is 50.3 Å². The second-order valence-electron chi connectivity index (χ2n) is 7.11. The van der Waals surface area contributed by atoms with Crippen molar-refractivity contribution in [1.82, 2.24) is 15.5 Å². The zero-order valence-electron chi connectivity index (χ0n) is 18.0. The number of rotatable bonds is 9. The molecule has 1 aromatic rings. The van der Waals surface area contributed by atoms with Crippen LogP contribution in [0.2, 0.25) is 0 Å². The van der Waals surface area contributed by atoms with Gasteiger partial charge in [-0.2, -0.15) is 0 Å². The Morgan fingerprint density at radius 2 is 1.83 bits per heavy atom. The van der Waals surface area contributed by atoms with Crippen LogP contribution in [-0.4, -0.2) is 55.4 Å². The highest BCUT2D eigenvalue weighted by Gasteiger charge is 2.19. The van der Waals surface area contributed by atoms with Gasteiger partial charge < -0.3 is 20.4 Å². The van der Waals surface area contributed by atoms with E-state index in [9.17, 15) is 9.59 Å². The standard InChI is InChI=1S/C22H35N5O2/c1-4-23-22(24-15-14-20(28)26(5-2)6-3)25-17-18-10-12-19(13-11-18)27-16-8-7-9-21(27)29/h10-13H,4-9,14-17H2,1-3H3,(H2,23,24,25). The minimum Gasteiger partial charge on any atom is -0.357 e. The van der Waals surface area contributed by atoms with Gasteiger partial charge in [-0.25, -0.2) is 4.99 Å². The summed E-state index contributed by atoms with van der Waals surface area (Å²) in [6, 6.07) is 8.04. The molecule has 29 heavy (non-hydrogen) atoms. The Morgan fingerprint density at radius 1 is 1.10 bits per heavy atom. The van der Waals surface area contributed by atoms with Gasteiger partial charge in [0.25, 0.3) is 0 Å². The maximum absolute atomic E-state index is 12.1. The summed E-state index contributed by atoms with van der Waals surface area (Å²) < 4.78 is 0. The van der Waals surface area contributed by atoms with Crippen LogP contribution in [0.1, 0.15) is 52.0 Å². The van der Waals surface area contributed by atoms with Crippen molar-refractivity contribution in [2.24, 2.45) is 4.99 Å². The van der Waals surface area contributed by atoms with E-state index in [1.165, 1.54) is 0 Å². The molecule has 0 unspecified atom stereocenters. The van der Waals surface area contributed by atoms with Gasteiger partial charge in [0.2, 0.25) is 11.8 Å². The number of amides is 2. The summed E-state index contributed by atoms with van der Waals surface area (Å²) in [7, 11) is 0. The smallest absolute Gasteiger partial charge is 0.226 e. The largest absolute Gasteiger partial charge is 0.357 e. The van der Waals surface area contributed by atoms with Crippen molar-refractivity contribution in [2.45, 2.75) is 53.0 Å². The predicted molar refractivity (Wildman–Crippen MR) is 118 cm³/mol. The predicted octanol–water partition coefficient (Wildman–Crippen LogP) is 2.52. The van der Waals surface area contributed by atoms with Crippen LogP contribution in [-0.2, 0) is 16.1 Å². The number of hydrogen-bond donors (Lipinski definition) is 2. The zero-order chi connectivity index (χ0) is 21.1. The first-order valence-corrected chi connectivity index (χ1v) is 10.8. The van der Waals surface area contributed by atoms with E-state index in [2.05, 4.69) is 15.6 Å². The maximum atomic E-state index is 12.1. The Kier molecular flexibility index (Phi) is 9.47. The van der Waals surface area contributed by atoms with Crippen molar-refractivity contribution in [3.63, 3.8) is 0 Å². The number of guanidine groups is 1. The maximum Gasteiger partial charge on any atom is 0.226 e. The molecular weight excluding hydrogens is 366 g/mol. The van der Waals surface area contributed by atoms with Crippen molar-refractivity contribution in [3.05, 3.63) is 29.8 Å². The Morgan fingerprint density at radius 3 is 2.45 bits per heavy atom. The van der Waals surface area contributed by atoms with Crippen LogP contribution in [0.15, 0.2) is 29.3 Å². The molecule has 1 aliphatic heterocycles. The van der Waals surface area contributed by atoms with Crippen LogP contribution < -0.4 is 15.5 Å². The van der Waals surface area contributed by atoms with Crippen molar-refractivity contribution < 1.29 is 9.59 Å². The van der Waals surface area contributed by atoms with Crippen molar-refractivity contribution in [1.29, 1.82) is 0 Å². The van der Waals surface area contributed by atoms with E-state index in [1.807, 2.05) is 54.8 Å². The first-order valence-electron chi connectivity index (χ1n) is 10.8. The summed E-state index contributed by atoms with van der Waals surface area (Å²) in [4.78, 5) is 32.5. The number of anilines is 1. The summed E-state index contributed by atoms with van der Waals surface area (Å²) in [5.74, 6) is 1.07. The fourth-order valence-corrected chi connectivity index (χ4v) is 3.39. The minimum absolute atomic E-state index is 0.154. The minimum atomic E-state index is 0.154. The van der Waals surface area contributed by atoms with Crippen molar-refractivity contribution >= 4 is 23.5 Å². The van der Waals surface area contributed by atoms with E-state index in [0.29, 0.717) is 31.9 Å². The molecule has 1 fully saturated rings. The number of aliphatic imine (C=N–C) groups is 1. The van der Waals surface area contributed by atoms with Gasteiger partial charge in [-0.1, -0.05) is 12.1 Å². The van der Waals surface area contributed by atoms with Crippen LogP contribution in [0.3, 0.4) is 0 Å². The third-order valence-electron chi connectivity index (χ3n) is 5.08. The Labute approximate surface area is 174 Å². The van der Waals surface area contributed by atoms with E-state index in [-0.39, 0.29) is 11.8 Å². The third kappa shape index (κ3) is 7.07. The van der Waals surface area contributed by atoms with Gasteiger partial charge in [0.15, 0.2) is 5.96 Å². The first-order chi connectivity index (χ1) is 14.1. The molecule has 0 aliphatic carbocycles. The van der Waals surface area contributed by atoms with E-state index in [4.69, 9.17) is 0 Å². The molecule has 160 valence electrons. The fraction of sp³-hybridized carbons (Fsp3) is 0.591. The molecule has 2 N–H and O–H groups in total. The molecular formula is C22H35N5O2. The van der Waals surface area contributed by atoms with E-state index >= 15 is 0 Å². The molecule has 7 nitrogen and oxygen atoms in total. The summed E-state index contributed by atoms with van der Waals surface area (Å²) in [6.07, 6.45) is 3.14. The Bertz CT molecular complexity index is 683. The molecule has 0 aromatic heterocycles. The summed E-state index contributed by atoms with van der Waals surface area (Å²) in [5, 5.41) is 6.45. The highest BCUT2D eigenvalue weighted by atomic mass is 16.2. The monoisotopic (exact) mass is 401 g/mol. The van der Waals surface area contributed by atoms with Gasteiger partial charge in [0, 0.05) is 51.3 Å². The fourth-order valence-electron chi connectivity index (χ4n) is 3.39. The number of nitrogens with one attached hydrogen (secondary N) is 2. The van der Waals surface area contributed by atoms with Gasteiger partial charge >= 0.3 is 0 Å². The van der Waals surface area contributed by atoms with Gasteiger partial charge in [0.05, 0.1) is 6.54 Å². The molecule has 7 heteroatoms. The molecule has 1 aliphatic rings. The molecule has 1 aromatic carbocycles. The molecule has 2 amide bonds. The number of hydrogen-bond acceptors (Lipinski definition) is 3. The summed E-state index contributed by atoms with van der Waals surface area (Å²) in [6.45, 7) is 10.1. The lowest BCUT2D eigenvalue weighted by Gasteiger charge is -2.26. The number of nitrogens with zero attached hydrogens (tertiary/aromatic N) is 3. The average molecular weight is 402 g/mol. The zero-order valence-corrected chi connectivity index (χ0v) is 18.0. The SMILES string of the molecule is CCNC(=NCc1ccc(N2CCCCC2=O)cc1)NCCC(=O)N(CC)CC. The molecule has 2 rings (SSSR count). The Balaban J connectivity index is 1.88.